The summed E-state index contributed by atoms with van der Waals surface area (Å²) in [6.45, 7) is 3.38. The summed E-state index contributed by atoms with van der Waals surface area (Å²) in [5.41, 5.74) is 0.114. The molecule has 2 aromatic rings. The first kappa shape index (κ1) is 17.5. The van der Waals surface area contributed by atoms with Crippen molar-refractivity contribution in [2.24, 2.45) is 5.92 Å². The third kappa shape index (κ3) is 3.16. The lowest BCUT2D eigenvalue weighted by molar-refractivity contribution is -0.135. The molecule has 140 valence electrons. The first-order valence-electron chi connectivity index (χ1n) is 9.30. The van der Waals surface area contributed by atoms with Crippen molar-refractivity contribution in [2.75, 3.05) is 6.54 Å². The van der Waals surface area contributed by atoms with Crippen LogP contribution in [0.15, 0.2) is 42.5 Å². The number of urea groups is 1. The van der Waals surface area contributed by atoms with Crippen molar-refractivity contribution in [2.45, 2.75) is 38.3 Å². The predicted octanol–water partition coefficient (Wildman–Crippen LogP) is 2.74. The molecule has 0 radical (unpaired) electrons. The Morgan fingerprint density at radius 2 is 1.93 bits per heavy atom. The van der Waals surface area contributed by atoms with Crippen molar-refractivity contribution in [1.82, 2.24) is 15.5 Å². The molecule has 1 aliphatic heterocycles. The Hall–Kier alpha value is -2.89. The summed E-state index contributed by atoms with van der Waals surface area (Å²) in [5.74, 6) is -0.471. The largest absolute Gasteiger partial charge is 0.348 e. The summed E-state index contributed by atoms with van der Waals surface area (Å²) in [5, 5.41) is 7.89. The highest BCUT2D eigenvalue weighted by Crippen LogP contribution is 2.42. The van der Waals surface area contributed by atoms with Crippen LogP contribution >= 0.6 is 0 Å². The molecule has 2 aliphatic rings. The summed E-state index contributed by atoms with van der Waals surface area (Å²) in [6.07, 6.45) is 1.86. The van der Waals surface area contributed by atoms with Crippen molar-refractivity contribution in [3.63, 3.8) is 0 Å². The number of amides is 4. The molecule has 2 aromatic carbocycles. The molecule has 2 N–H and O–H groups in total. The van der Waals surface area contributed by atoms with Crippen molar-refractivity contribution >= 4 is 28.6 Å². The molecule has 4 amide bonds. The number of carbonyl (C=O) groups excluding carboxylic acids is 3. The lowest BCUT2D eigenvalue weighted by Crippen LogP contribution is -2.47. The number of carbonyl (C=O) groups is 3. The highest BCUT2D eigenvalue weighted by molar-refractivity contribution is 6.09. The minimum Gasteiger partial charge on any atom is -0.348 e. The molecule has 6 heteroatoms. The Morgan fingerprint density at radius 3 is 2.63 bits per heavy atom. The molecule has 1 heterocycles. The van der Waals surface area contributed by atoms with Gasteiger partial charge in [0.15, 0.2) is 0 Å². The third-order valence-corrected chi connectivity index (χ3v) is 5.65. The molecule has 1 saturated heterocycles. The van der Waals surface area contributed by atoms with Gasteiger partial charge in [-0.15, -0.1) is 0 Å². The number of fused-ring (bicyclic) bond motifs is 1. The van der Waals surface area contributed by atoms with Gasteiger partial charge in [0.25, 0.3) is 5.91 Å². The van der Waals surface area contributed by atoms with E-state index >= 15 is 0 Å². The molecule has 1 saturated carbocycles. The van der Waals surface area contributed by atoms with E-state index in [4.69, 9.17) is 0 Å². The van der Waals surface area contributed by atoms with Gasteiger partial charge < -0.3 is 10.6 Å². The molecule has 2 atom stereocenters. The Kier molecular flexibility index (Phi) is 4.13. The molecule has 0 unspecified atom stereocenters. The molecule has 1 aliphatic carbocycles. The zero-order chi connectivity index (χ0) is 19.2. The maximum Gasteiger partial charge on any atom is 0.325 e. The quantitative estimate of drug-likeness (QED) is 0.800. The van der Waals surface area contributed by atoms with E-state index in [2.05, 4.69) is 10.6 Å². The molecule has 0 bridgehead atoms. The van der Waals surface area contributed by atoms with Gasteiger partial charge in [0.1, 0.15) is 12.1 Å². The van der Waals surface area contributed by atoms with Crippen LogP contribution in [0.3, 0.4) is 0 Å². The fourth-order valence-corrected chi connectivity index (χ4v) is 3.79. The molecule has 6 nitrogen and oxygen atoms in total. The smallest absolute Gasteiger partial charge is 0.325 e. The first-order chi connectivity index (χ1) is 12.9. The van der Waals surface area contributed by atoms with E-state index in [0.717, 1.165) is 34.1 Å². The van der Waals surface area contributed by atoms with Crippen LogP contribution in [0.25, 0.3) is 10.8 Å². The average molecular weight is 365 g/mol. The van der Waals surface area contributed by atoms with Gasteiger partial charge >= 0.3 is 6.03 Å². The van der Waals surface area contributed by atoms with Gasteiger partial charge in [-0.2, -0.15) is 0 Å². The fraction of sp³-hybridized carbons (Fsp3) is 0.381. The second-order valence-electron chi connectivity index (χ2n) is 7.69. The van der Waals surface area contributed by atoms with Gasteiger partial charge in [-0.3, -0.25) is 14.5 Å². The van der Waals surface area contributed by atoms with Gasteiger partial charge in [-0.25, -0.2) is 4.79 Å². The van der Waals surface area contributed by atoms with E-state index < -0.39 is 11.6 Å². The Labute approximate surface area is 157 Å². The molecular formula is C21H23N3O3. The van der Waals surface area contributed by atoms with E-state index in [9.17, 15) is 14.4 Å². The molecule has 0 aromatic heterocycles. The van der Waals surface area contributed by atoms with E-state index in [-0.39, 0.29) is 30.3 Å². The van der Waals surface area contributed by atoms with Crippen molar-refractivity contribution in [3.05, 3.63) is 48.0 Å². The van der Waals surface area contributed by atoms with E-state index in [0.29, 0.717) is 0 Å². The topological polar surface area (TPSA) is 78.5 Å². The summed E-state index contributed by atoms with van der Waals surface area (Å²) in [4.78, 5) is 38.3. The number of benzene rings is 2. The zero-order valence-corrected chi connectivity index (χ0v) is 15.5. The van der Waals surface area contributed by atoms with E-state index in [1.165, 1.54) is 0 Å². The van der Waals surface area contributed by atoms with E-state index in [1.54, 1.807) is 6.92 Å². The number of hydrogen-bond donors (Lipinski definition) is 2. The van der Waals surface area contributed by atoms with Crippen LogP contribution < -0.4 is 10.6 Å². The molecule has 0 spiro atoms. The van der Waals surface area contributed by atoms with Gasteiger partial charge in [-0.1, -0.05) is 36.4 Å². The summed E-state index contributed by atoms with van der Waals surface area (Å²) in [7, 11) is 0. The first-order valence-corrected chi connectivity index (χ1v) is 9.30. The minimum absolute atomic E-state index is 0.179. The lowest BCUT2D eigenvalue weighted by Gasteiger charge is -2.21. The normalized spacial score (nSPS) is 23.4. The maximum absolute atomic E-state index is 12.6. The third-order valence-electron chi connectivity index (χ3n) is 5.65. The summed E-state index contributed by atoms with van der Waals surface area (Å²) >= 11 is 0. The number of nitrogens with one attached hydrogen (secondary N) is 2. The SMILES string of the molecule is C[C@@H](NC(=O)CN1C(=O)N[C@](C)(C2CC2)C1=O)c1ccc2ccccc2c1. The van der Waals surface area contributed by atoms with E-state index in [1.807, 2.05) is 49.4 Å². The van der Waals surface area contributed by atoms with Crippen LogP contribution in [0.4, 0.5) is 4.79 Å². The lowest BCUT2D eigenvalue weighted by atomic mass is 9.96. The monoisotopic (exact) mass is 365 g/mol. The summed E-state index contributed by atoms with van der Waals surface area (Å²) in [6, 6.07) is 13.4. The van der Waals surface area contributed by atoms with Gasteiger partial charge in [-0.05, 0) is 55.0 Å². The summed E-state index contributed by atoms with van der Waals surface area (Å²) < 4.78 is 0. The van der Waals surface area contributed by atoms with Crippen LogP contribution in [0.1, 0.15) is 38.3 Å². The van der Waals surface area contributed by atoms with Gasteiger partial charge in [0.05, 0.1) is 6.04 Å². The minimum atomic E-state index is -0.860. The molecular weight excluding hydrogens is 342 g/mol. The second kappa shape index (κ2) is 6.37. The van der Waals surface area contributed by atoms with Gasteiger partial charge in [0.2, 0.25) is 5.91 Å². The van der Waals surface area contributed by atoms with Crippen LogP contribution in [0, 0.1) is 5.92 Å². The Morgan fingerprint density at radius 1 is 1.22 bits per heavy atom. The fourth-order valence-electron chi connectivity index (χ4n) is 3.79. The molecule has 4 rings (SSSR count). The second-order valence-corrected chi connectivity index (χ2v) is 7.69. The van der Waals surface area contributed by atoms with Crippen molar-refractivity contribution < 1.29 is 14.4 Å². The molecule has 27 heavy (non-hydrogen) atoms. The maximum atomic E-state index is 12.6. The Bertz CT molecular complexity index is 937. The number of nitrogens with zero attached hydrogens (tertiary/aromatic N) is 1. The number of hydrogen-bond acceptors (Lipinski definition) is 3. The van der Waals surface area contributed by atoms with Crippen molar-refractivity contribution in [1.29, 1.82) is 0 Å². The average Bonchev–Trinajstić information content (AvgIpc) is 3.47. The highest BCUT2D eigenvalue weighted by atomic mass is 16.2. The van der Waals surface area contributed by atoms with Crippen LogP contribution in [-0.2, 0) is 9.59 Å². The van der Waals surface area contributed by atoms with Crippen LogP contribution in [0.5, 0.6) is 0 Å². The van der Waals surface area contributed by atoms with Crippen LogP contribution in [-0.4, -0.2) is 34.8 Å². The zero-order valence-electron chi connectivity index (χ0n) is 15.5. The number of imide groups is 1. The highest BCUT2D eigenvalue weighted by Gasteiger charge is 2.56. The van der Waals surface area contributed by atoms with Gasteiger partial charge in [0, 0.05) is 0 Å². The standard InChI is InChI=1S/C21H23N3O3/c1-13(15-8-7-14-5-3-4-6-16(14)11-15)22-18(25)12-24-19(26)21(2,17-9-10-17)23-20(24)27/h3-8,11,13,17H,9-10,12H2,1-2H3,(H,22,25)(H,23,27)/t13-,21-/m1/s1. The number of rotatable bonds is 5. The van der Waals surface area contributed by atoms with Crippen molar-refractivity contribution in [3.8, 4) is 0 Å². The Balaban J connectivity index is 1.42. The molecule has 2 fully saturated rings. The van der Waals surface area contributed by atoms with Crippen LogP contribution in [0.2, 0.25) is 0 Å². The predicted molar refractivity (Wildman–Crippen MR) is 102 cm³/mol.